The summed E-state index contributed by atoms with van der Waals surface area (Å²) in [6.45, 7) is 10.1. The molecule has 2 aliphatic rings. The Labute approximate surface area is 225 Å². The Morgan fingerprint density at radius 2 is 1.95 bits per heavy atom. The first-order chi connectivity index (χ1) is 18.2. The third-order valence-electron chi connectivity index (χ3n) is 7.88. The highest BCUT2D eigenvalue weighted by molar-refractivity contribution is 5.94. The van der Waals surface area contributed by atoms with Gasteiger partial charge in [-0.3, -0.25) is 19.5 Å². The standard InChI is InChI=1S/C30H41N3O5/c1-5-7-14-33(22-9-8-13-31-17-22)27(34)19-32-18-23(21-10-11-25-26(15-21)38-20-37-25)28(29(35)36)24(32)16-30(3,4)12-6-2/h8-11,13,15,17,23-24,28H,5-7,12,14,16,18-20H2,1-4H3,(H,35,36)/t23-,24+,28-/m1/s1. The molecule has 206 valence electrons. The number of anilines is 1. The molecule has 0 aliphatic carbocycles. The largest absolute Gasteiger partial charge is 0.481 e. The second-order valence-corrected chi connectivity index (χ2v) is 11.3. The number of carbonyl (C=O) groups is 2. The monoisotopic (exact) mass is 523 g/mol. The molecule has 38 heavy (non-hydrogen) atoms. The molecule has 0 unspecified atom stereocenters. The highest BCUT2D eigenvalue weighted by Crippen LogP contribution is 2.45. The van der Waals surface area contributed by atoms with Crippen molar-refractivity contribution in [1.29, 1.82) is 0 Å². The van der Waals surface area contributed by atoms with Crippen LogP contribution in [0.5, 0.6) is 11.5 Å². The maximum Gasteiger partial charge on any atom is 0.308 e. The zero-order chi connectivity index (χ0) is 27.3. The molecule has 3 atom stereocenters. The Bertz CT molecular complexity index is 1110. The van der Waals surface area contributed by atoms with Crippen molar-refractivity contribution in [3.8, 4) is 11.5 Å². The maximum absolute atomic E-state index is 13.8. The Kier molecular flexibility index (Phi) is 8.92. The van der Waals surface area contributed by atoms with E-state index in [0.29, 0.717) is 31.0 Å². The molecule has 1 saturated heterocycles. The van der Waals surface area contributed by atoms with E-state index in [1.807, 2.05) is 30.3 Å². The summed E-state index contributed by atoms with van der Waals surface area (Å²) >= 11 is 0. The van der Waals surface area contributed by atoms with Gasteiger partial charge in [0.1, 0.15) is 0 Å². The number of likely N-dealkylation sites (tertiary alicyclic amines) is 1. The summed E-state index contributed by atoms with van der Waals surface area (Å²) in [7, 11) is 0. The Morgan fingerprint density at radius 3 is 2.63 bits per heavy atom. The van der Waals surface area contributed by atoms with Crippen molar-refractivity contribution in [2.24, 2.45) is 11.3 Å². The number of carboxylic acid groups (broad SMARTS) is 1. The molecular formula is C30H41N3O5. The molecule has 1 N–H and O–H groups in total. The summed E-state index contributed by atoms with van der Waals surface area (Å²) in [5.41, 5.74) is 1.63. The van der Waals surface area contributed by atoms with E-state index in [-0.39, 0.29) is 36.6 Å². The van der Waals surface area contributed by atoms with Crippen molar-refractivity contribution in [2.75, 3.05) is 31.3 Å². The lowest BCUT2D eigenvalue weighted by Crippen LogP contribution is -2.46. The predicted octanol–water partition coefficient (Wildman–Crippen LogP) is 5.33. The summed E-state index contributed by atoms with van der Waals surface area (Å²) in [6, 6.07) is 9.18. The average Bonchev–Trinajstić information content (AvgIpc) is 3.49. The number of pyridine rings is 1. The fraction of sp³-hybridized carbons (Fsp3) is 0.567. The van der Waals surface area contributed by atoms with Crippen LogP contribution >= 0.6 is 0 Å². The molecule has 2 aliphatic heterocycles. The molecule has 0 radical (unpaired) electrons. The summed E-state index contributed by atoms with van der Waals surface area (Å²) in [4.78, 5) is 34.7. The fourth-order valence-corrected chi connectivity index (χ4v) is 6.06. The van der Waals surface area contributed by atoms with Gasteiger partial charge < -0.3 is 19.5 Å². The van der Waals surface area contributed by atoms with Gasteiger partial charge in [-0.1, -0.05) is 46.6 Å². The summed E-state index contributed by atoms with van der Waals surface area (Å²) in [6.07, 6.45) is 7.98. The van der Waals surface area contributed by atoms with Crippen molar-refractivity contribution in [3.63, 3.8) is 0 Å². The van der Waals surface area contributed by atoms with E-state index in [2.05, 4.69) is 37.6 Å². The van der Waals surface area contributed by atoms with Gasteiger partial charge in [-0.2, -0.15) is 0 Å². The summed E-state index contributed by atoms with van der Waals surface area (Å²) in [5, 5.41) is 10.5. The molecule has 1 aromatic carbocycles. The second kappa shape index (κ2) is 12.2. The third kappa shape index (κ3) is 6.29. The summed E-state index contributed by atoms with van der Waals surface area (Å²) in [5.74, 6) is -0.433. The smallest absolute Gasteiger partial charge is 0.308 e. The van der Waals surface area contributed by atoms with E-state index in [0.717, 1.165) is 36.9 Å². The van der Waals surface area contributed by atoms with Crippen molar-refractivity contribution in [2.45, 2.75) is 71.8 Å². The molecule has 3 heterocycles. The van der Waals surface area contributed by atoms with Crippen LogP contribution in [-0.2, 0) is 9.59 Å². The molecule has 1 amide bonds. The molecule has 0 saturated carbocycles. The maximum atomic E-state index is 13.8. The summed E-state index contributed by atoms with van der Waals surface area (Å²) < 4.78 is 11.1. The van der Waals surface area contributed by atoms with Crippen LogP contribution in [0, 0.1) is 11.3 Å². The van der Waals surface area contributed by atoms with Gasteiger partial charge in [0, 0.05) is 31.2 Å². The minimum Gasteiger partial charge on any atom is -0.481 e. The minimum atomic E-state index is -0.824. The van der Waals surface area contributed by atoms with Gasteiger partial charge in [0.25, 0.3) is 0 Å². The first kappa shape index (κ1) is 27.9. The number of hydrogen-bond donors (Lipinski definition) is 1. The quantitative estimate of drug-likeness (QED) is 0.402. The number of fused-ring (bicyclic) bond motifs is 1. The van der Waals surface area contributed by atoms with E-state index in [1.54, 1.807) is 17.3 Å². The van der Waals surface area contributed by atoms with Gasteiger partial charge in [-0.05, 0) is 54.5 Å². The van der Waals surface area contributed by atoms with Gasteiger partial charge in [0.15, 0.2) is 11.5 Å². The topological polar surface area (TPSA) is 92.2 Å². The minimum absolute atomic E-state index is 0.0276. The van der Waals surface area contributed by atoms with Crippen LogP contribution < -0.4 is 14.4 Å². The number of aromatic nitrogens is 1. The number of carboxylic acids is 1. The van der Waals surface area contributed by atoms with Crippen molar-refractivity contribution in [1.82, 2.24) is 9.88 Å². The lowest BCUT2D eigenvalue weighted by Gasteiger charge is -2.35. The lowest BCUT2D eigenvalue weighted by molar-refractivity contribution is -0.143. The number of aliphatic carboxylic acids is 1. The second-order valence-electron chi connectivity index (χ2n) is 11.3. The normalized spacial score (nSPS) is 21.0. The molecular weight excluding hydrogens is 482 g/mol. The van der Waals surface area contributed by atoms with E-state index in [4.69, 9.17) is 9.47 Å². The number of benzene rings is 1. The van der Waals surface area contributed by atoms with Crippen LogP contribution in [-0.4, -0.2) is 59.3 Å². The van der Waals surface area contributed by atoms with Gasteiger partial charge in [0.05, 0.1) is 24.3 Å². The molecule has 1 fully saturated rings. The van der Waals surface area contributed by atoms with Crippen molar-refractivity contribution in [3.05, 3.63) is 48.3 Å². The van der Waals surface area contributed by atoms with Crippen LogP contribution in [0.1, 0.15) is 71.3 Å². The van der Waals surface area contributed by atoms with Crippen LogP contribution in [0.25, 0.3) is 0 Å². The zero-order valence-electron chi connectivity index (χ0n) is 23.1. The Balaban J connectivity index is 1.65. The highest BCUT2D eigenvalue weighted by Gasteiger charge is 2.49. The van der Waals surface area contributed by atoms with E-state index < -0.39 is 11.9 Å². The molecule has 0 spiro atoms. The van der Waals surface area contributed by atoms with Crippen LogP contribution in [0.15, 0.2) is 42.7 Å². The van der Waals surface area contributed by atoms with Crippen molar-refractivity contribution >= 4 is 17.6 Å². The Morgan fingerprint density at radius 1 is 1.16 bits per heavy atom. The van der Waals surface area contributed by atoms with Crippen LogP contribution in [0.4, 0.5) is 5.69 Å². The lowest BCUT2D eigenvalue weighted by atomic mass is 9.76. The first-order valence-corrected chi connectivity index (χ1v) is 13.8. The molecule has 4 rings (SSSR count). The number of amides is 1. The number of nitrogens with zero attached hydrogens (tertiary/aromatic N) is 3. The first-order valence-electron chi connectivity index (χ1n) is 13.8. The average molecular weight is 524 g/mol. The van der Waals surface area contributed by atoms with Crippen LogP contribution in [0.3, 0.4) is 0 Å². The van der Waals surface area contributed by atoms with Crippen molar-refractivity contribution < 1.29 is 24.2 Å². The van der Waals surface area contributed by atoms with Crippen LogP contribution in [0.2, 0.25) is 0 Å². The predicted molar refractivity (Wildman–Crippen MR) is 147 cm³/mol. The van der Waals surface area contributed by atoms with E-state index in [9.17, 15) is 14.7 Å². The number of carbonyl (C=O) groups excluding carboxylic acids is 1. The van der Waals surface area contributed by atoms with Gasteiger partial charge in [-0.15, -0.1) is 0 Å². The third-order valence-corrected chi connectivity index (χ3v) is 7.88. The fourth-order valence-electron chi connectivity index (χ4n) is 6.06. The number of unbranched alkanes of at least 4 members (excludes halogenated alkanes) is 1. The van der Waals surface area contributed by atoms with E-state index in [1.165, 1.54) is 0 Å². The number of hydrogen-bond acceptors (Lipinski definition) is 6. The Hall–Kier alpha value is -3.13. The zero-order valence-corrected chi connectivity index (χ0v) is 23.1. The highest BCUT2D eigenvalue weighted by atomic mass is 16.7. The van der Waals surface area contributed by atoms with Gasteiger partial charge >= 0.3 is 5.97 Å². The van der Waals surface area contributed by atoms with Gasteiger partial charge in [0.2, 0.25) is 12.7 Å². The van der Waals surface area contributed by atoms with Gasteiger partial charge in [-0.25, -0.2) is 0 Å². The molecule has 2 aromatic rings. The number of ether oxygens (including phenoxy) is 2. The molecule has 1 aromatic heterocycles. The van der Waals surface area contributed by atoms with E-state index >= 15 is 0 Å². The molecule has 0 bridgehead atoms. The number of rotatable bonds is 12. The molecule has 8 heteroatoms. The molecule has 8 nitrogen and oxygen atoms in total. The SMILES string of the molecule is CCCCN(C(=O)CN1C[C@H](c2ccc3c(c2)OCO3)[C@@H](C(=O)O)[C@@H]1CC(C)(C)CCC)c1cccnc1.